The molecule has 0 bridgehead atoms. The van der Waals surface area contributed by atoms with E-state index in [0.29, 0.717) is 0 Å². The van der Waals surface area contributed by atoms with Gasteiger partial charge < -0.3 is 9.64 Å². The van der Waals surface area contributed by atoms with Crippen molar-refractivity contribution in [1.29, 1.82) is 0 Å². The maximum absolute atomic E-state index is 6.25. The number of benzene rings is 4. The van der Waals surface area contributed by atoms with E-state index >= 15 is 0 Å². The summed E-state index contributed by atoms with van der Waals surface area (Å²) in [6.45, 7) is 4.53. The summed E-state index contributed by atoms with van der Waals surface area (Å²) < 4.78 is 7.32. The molecule has 0 spiro atoms. The van der Waals surface area contributed by atoms with Crippen molar-refractivity contribution in [2.45, 2.75) is 19.3 Å². The summed E-state index contributed by atoms with van der Waals surface area (Å²) in [6.07, 6.45) is 0. The Bertz CT molecular complexity index is 1200. The summed E-state index contributed by atoms with van der Waals surface area (Å²) in [5.74, 6) is 1.86. The molecule has 0 saturated carbocycles. The van der Waals surface area contributed by atoms with Gasteiger partial charge in [-0.05, 0) is 60.7 Å². The molecule has 4 aromatic rings. The monoisotopic (exact) mass is 455 g/mol. The van der Waals surface area contributed by atoms with Crippen LogP contribution in [0.3, 0.4) is 0 Å². The smallest absolute Gasteiger partial charge is 0.131 e. The molecule has 30 heavy (non-hydrogen) atoms. The normalized spacial score (nSPS) is 13.7. The molecule has 0 radical (unpaired) electrons. The molecule has 1 heterocycles. The minimum absolute atomic E-state index is 0.151. The highest BCUT2D eigenvalue weighted by molar-refractivity contribution is 9.10. The van der Waals surface area contributed by atoms with Crippen LogP contribution in [0.5, 0.6) is 11.5 Å². The maximum atomic E-state index is 6.25. The van der Waals surface area contributed by atoms with Crippen LogP contribution in [0.1, 0.15) is 25.0 Å². The number of ether oxygens (including phenoxy) is 1. The van der Waals surface area contributed by atoms with E-state index in [4.69, 9.17) is 4.74 Å². The summed E-state index contributed by atoms with van der Waals surface area (Å²) in [7, 11) is 0. The molecule has 3 heteroatoms. The molecule has 5 rings (SSSR count). The van der Waals surface area contributed by atoms with Crippen molar-refractivity contribution in [3.8, 4) is 11.5 Å². The van der Waals surface area contributed by atoms with Gasteiger partial charge in [-0.1, -0.05) is 66.2 Å². The van der Waals surface area contributed by atoms with Gasteiger partial charge >= 0.3 is 0 Å². The average Bonchev–Trinajstić information content (AvgIpc) is 2.77. The lowest BCUT2D eigenvalue weighted by Crippen LogP contribution is -2.24. The minimum Gasteiger partial charge on any atom is -0.457 e. The quantitative estimate of drug-likeness (QED) is 0.307. The summed E-state index contributed by atoms with van der Waals surface area (Å²) in [6, 6.07) is 33.7. The van der Waals surface area contributed by atoms with E-state index in [1.165, 1.54) is 11.1 Å². The van der Waals surface area contributed by atoms with Gasteiger partial charge in [0, 0.05) is 38.1 Å². The van der Waals surface area contributed by atoms with Crippen LogP contribution in [0.4, 0.5) is 17.1 Å². The number of hydrogen-bond donors (Lipinski definition) is 0. The van der Waals surface area contributed by atoms with E-state index < -0.39 is 0 Å². The molecule has 2 nitrogen and oxygen atoms in total. The van der Waals surface area contributed by atoms with Crippen LogP contribution in [0, 0.1) is 0 Å². The highest BCUT2D eigenvalue weighted by atomic mass is 79.9. The predicted molar refractivity (Wildman–Crippen MR) is 127 cm³/mol. The SMILES string of the molecule is CC1(C)c2ccccc2Oc2ccc(N(c3ccccc3)c3ccc(Br)cc3)cc21. The number of nitrogens with zero attached hydrogens (tertiary/aromatic N) is 1. The number of fused-ring (bicyclic) bond motifs is 2. The lowest BCUT2D eigenvalue weighted by Gasteiger charge is -2.36. The van der Waals surface area contributed by atoms with Crippen LogP contribution < -0.4 is 9.64 Å². The zero-order valence-electron chi connectivity index (χ0n) is 17.0. The van der Waals surface area contributed by atoms with E-state index in [1.807, 2.05) is 18.2 Å². The highest BCUT2D eigenvalue weighted by Crippen LogP contribution is 2.49. The van der Waals surface area contributed by atoms with Crippen molar-refractivity contribution in [2.75, 3.05) is 4.90 Å². The Labute approximate surface area is 185 Å². The third-order valence-electron chi connectivity index (χ3n) is 5.77. The zero-order valence-corrected chi connectivity index (χ0v) is 18.6. The second kappa shape index (κ2) is 7.33. The molecule has 0 saturated heterocycles. The fraction of sp³-hybridized carbons (Fsp3) is 0.111. The molecule has 0 fully saturated rings. The van der Waals surface area contributed by atoms with Crippen LogP contribution in [-0.4, -0.2) is 0 Å². The molecular formula is C27H22BrNO. The van der Waals surface area contributed by atoms with Crippen molar-refractivity contribution in [1.82, 2.24) is 0 Å². The largest absolute Gasteiger partial charge is 0.457 e. The van der Waals surface area contributed by atoms with Crippen LogP contribution in [0.25, 0.3) is 0 Å². The summed E-state index contributed by atoms with van der Waals surface area (Å²) in [4.78, 5) is 2.28. The molecule has 0 unspecified atom stereocenters. The summed E-state index contributed by atoms with van der Waals surface area (Å²) >= 11 is 3.55. The fourth-order valence-corrected chi connectivity index (χ4v) is 4.45. The van der Waals surface area contributed by atoms with Crippen LogP contribution in [0.2, 0.25) is 0 Å². The summed E-state index contributed by atoms with van der Waals surface area (Å²) in [5.41, 5.74) is 5.59. The molecular weight excluding hydrogens is 434 g/mol. The van der Waals surface area contributed by atoms with Crippen molar-refractivity contribution < 1.29 is 4.74 Å². The number of anilines is 3. The van der Waals surface area contributed by atoms with Gasteiger partial charge in [0.05, 0.1) is 0 Å². The number of halogens is 1. The summed E-state index contributed by atoms with van der Waals surface area (Å²) in [5, 5.41) is 0. The first-order valence-electron chi connectivity index (χ1n) is 10.1. The molecule has 4 aromatic carbocycles. The van der Waals surface area contributed by atoms with Crippen LogP contribution in [-0.2, 0) is 5.41 Å². The second-order valence-corrected chi connectivity index (χ2v) is 8.97. The van der Waals surface area contributed by atoms with Gasteiger partial charge in [0.15, 0.2) is 0 Å². The fourth-order valence-electron chi connectivity index (χ4n) is 4.18. The average molecular weight is 456 g/mol. The standard InChI is InChI=1S/C27H22BrNO/c1-27(2)23-10-6-7-11-25(23)30-26-17-16-22(18-24(26)27)29(20-8-4-3-5-9-20)21-14-12-19(28)13-15-21/h3-18H,1-2H3. The molecule has 0 amide bonds. The van der Waals surface area contributed by atoms with Gasteiger partial charge in [-0.15, -0.1) is 0 Å². The van der Waals surface area contributed by atoms with Crippen molar-refractivity contribution in [3.63, 3.8) is 0 Å². The van der Waals surface area contributed by atoms with E-state index in [9.17, 15) is 0 Å². The molecule has 0 aromatic heterocycles. The Hall–Kier alpha value is -3.04. The Balaban J connectivity index is 1.67. The molecule has 1 aliphatic rings. The second-order valence-electron chi connectivity index (χ2n) is 8.05. The van der Waals surface area contributed by atoms with Gasteiger partial charge in [0.2, 0.25) is 0 Å². The maximum Gasteiger partial charge on any atom is 0.131 e. The van der Waals surface area contributed by atoms with Crippen LogP contribution >= 0.6 is 15.9 Å². The third-order valence-corrected chi connectivity index (χ3v) is 6.30. The van der Waals surface area contributed by atoms with Gasteiger partial charge in [-0.25, -0.2) is 0 Å². The molecule has 1 aliphatic heterocycles. The van der Waals surface area contributed by atoms with Gasteiger partial charge in [0.1, 0.15) is 11.5 Å². The lowest BCUT2D eigenvalue weighted by molar-refractivity contribution is 0.418. The minimum atomic E-state index is -0.151. The highest BCUT2D eigenvalue weighted by Gasteiger charge is 2.34. The Morgan fingerprint density at radius 1 is 0.633 bits per heavy atom. The third kappa shape index (κ3) is 3.20. The Kier molecular flexibility index (Phi) is 4.63. The molecule has 0 atom stereocenters. The van der Waals surface area contributed by atoms with Gasteiger partial charge in [-0.3, -0.25) is 0 Å². The first kappa shape index (κ1) is 19.0. The molecule has 148 valence electrons. The molecule has 0 N–H and O–H groups in total. The van der Waals surface area contributed by atoms with Crippen molar-refractivity contribution in [2.24, 2.45) is 0 Å². The topological polar surface area (TPSA) is 12.5 Å². The molecule has 0 aliphatic carbocycles. The van der Waals surface area contributed by atoms with Crippen molar-refractivity contribution in [3.05, 3.63) is 113 Å². The van der Waals surface area contributed by atoms with E-state index in [2.05, 4.69) is 114 Å². The Morgan fingerprint density at radius 2 is 1.23 bits per heavy atom. The zero-order chi connectivity index (χ0) is 20.7. The lowest BCUT2D eigenvalue weighted by atomic mass is 9.75. The number of rotatable bonds is 3. The first-order chi connectivity index (χ1) is 14.5. The number of para-hydroxylation sites is 2. The van der Waals surface area contributed by atoms with Gasteiger partial charge in [0.25, 0.3) is 0 Å². The predicted octanol–water partition coefficient (Wildman–Crippen LogP) is 8.35. The van der Waals surface area contributed by atoms with Crippen molar-refractivity contribution >= 4 is 33.0 Å². The first-order valence-corrected chi connectivity index (χ1v) is 10.9. The van der Waals surface area contributed by atoms with E-state index in [0.717, 1.165) is 33.0 Å². The number of hydrogen-bond acceptors (Lipinski definition) is 2. The van der Waals surface area contributed by atoms with Gasteiger partial charge in [-0.2, -0.15) is 0 Å². The Morgan fingerprint density at radius 3 is 2.00 bits per heavy atom. The van der Waals surface area contributed by atoms with E-state index in [-0.39, 0.29) is 5.41 Å². The van der Waals surface area contributed by atoms with Crippen LogP contribution in [0.15, 0.2) is 102 Å². The van der Waals surface area contributed by atoms with E-state index in [1.54, 1.807) is 0 Å².